The van der Waals surface area contributed by atoms with Crippen LogP contribution in [0.5, 0.6) is 0 Å². The van der Waals surface area contributed by atoms with E-state index in [0.29, 0.717) is 0 Å². The third-order valence-electron chi connectivity index (χ3n) is 2.57. The average molecular weight is 315 g/mol. The van der Waals surface area contributed by atoms with Crippen molar-refractivity contribution >= 4 is 44.8 Å². The standard InChI is InChI=1S/C10H10Cl3NO2S/c1-7-2-4-8(5-3-7)17(15,16)14-6-9(14)10(11,12)13/h2-5,9H,6H2,1H3. The van der Waals surface area contributed by atoms with Gasteiger partial charge in [0.25, 0.3) is 0 Å². The van der Waals surface area contributed by atoms with E-state index in [4.69, 9.17) is 34.8 Å². The second-order valence-corrected chi connectivity index (χ2v) is 8.20. The van der Waals surface area contributed by atoms with Gasteiger partial charge in [0.05, 0.1) is 10.9 Å². The molecular weight excluding hydrogens is 305 g/mol. The van der Waals surface area contributed by atoms with Crippen LogP contribution in [0.2, 0.25) is 0 Å². The molecule has 1 aliphatic heterocycles. The van der Waals surface area contributed by atoms with Crippen LogP contribution in [-0.2, 0) is 10.0 Å². The molecule has 1 fully saturated rings. The molecule has 3 nitrogen and oxygen atoms in total. The monoisotopic (exact) mass is 313 g/mol. The van der Waals surface area contributed by atoms with Crippen molar-refractivity contribution in [2.45, 2.75) is 21.7 Å². The van der Waals surface area contributed by atoms with Crippen LogP contribution in [0.1, 0.15) is 5.56 Å². The van der Waals surface area contributed by atoms with Gasteiger partial charge >= 0.3 is 0 Å². The van der Waals surface area contributed by atoms with E-state index < -0.39 is 19.9 Å². The van der Waals surface area contributed by atoms with Crippen molar-refractivity contribution in [3.8, 4) is 0 Å². The summed E-state index contributed by atoms with van der Waals surface area (Å²) in [6, 6.07) is 6.01. The predicted molar refractivity (Wildman–Crippen MR) is 69.1 cm³/mol. The number of halogens is 3. The van der Waals surface area contributed by atoms with Crippen LogP contribution in [-0.4, -0.2) is 29.1 Å². The molecule has 1 aromatic rings. The molecule has 2 unspecified atom stereocenters. The third kappa shape index (κ3) is 2.71. The van der Waals surface area contributed by atoms with E-state index in [1.165, 1.54) is 4.31 Å². The van der Waals surface area contributed by atoms with Crippen molar-refractivity contribution in [3.63, 3.8) is 0 Å². The van der Waals surface area contributed by atoms with Gasteiger partial charge in [0.2, 0.25) is 13.8 Å². The molecule has 0 radical (unpaired) electrons. The Morgan fingerprint density at radius 3 is 2.18 bits per heavy atom. The molecular formula is C10H10Cl3NO2S. The van der Waals surface area contributed by atoms with Crippen LogP contribution in [0.15, 0.2) is 29.2 Å². The molecule has 1 saturated heterocycles. The fourth-order valence-corrected chi connectivity index (χ4v) is 3.82. The lowest BCUT2D eigenvalue weighted by atomic mass is 10.2. The molecule has 1 heterocycles. The van der Waals surface area contributed by atoms with Gasteiger partial charge in [-0.1, -0.05) is 52.5 Å². The van der Waals surface area contributed by atoms with Crippen LogP contribution in [0.25, 0.3) is 0 Å². The number of hydrogen-bond acceptors (Lipinski definition) is 2. The van der Waals surface area contributed by atoms with Gasteiger partial charge in [-0.15, -0.1) is 0 Å². The van der Waals surface area contributed by atoms with E-state index in [0.717, 1.165) is 5.56 Å². The summed E-state index contributed by atoms with van der Waals surface area (Å²) in [7, 11) is -3.53. The molecule has 0 aromatic heterocycles. The first-order valence-electron chi connectivity index (χ1n) is 4.88. The summed E-state index contributed by atoms with van der Waals surface area (Å²) in [5, 5.41) is 0. The molecule has 1 aliphatic rings. The molecule has 0 aliphatic carbocycles. The highest BCUT2D eigenvalue weighted by atomic mass is 35.6. The fourth-order valence-electron chi connectivity index (χ4n) is 1.50. The first-order valence-corrected chi connectivity index (χ1v) is 7.45. The lowest BCUT2D eigenvalue weighted by molar-refractivity contribution is 0.552. The summed E-state index contributed by atoms with van der Waals surface area (Å²) in [4.78, 5) is 0.222. The van der Waals surface area contributed by atoms with E-state index in [9.17, 15) is 8.42 Å². The molecule has 1 aromatic carbocycles. The maximum atomic E-state index is 12.1. The van der Waals surface area contributed by atoms with Gasteiger partial charge in [0, 0.05) is 6.54 Å². The topological polar surface area (TPSA) is 37.1 Å². The largest absolute Gasteiger partial charge is 0.243 e. The molecule has 2 rings (SSSR count). The zero-order valence-corrected chi connectivity index (χ0v) is 12.0. The zero-order valence-electron chi connectivity index (χ0n) is 8.90. The van der Waals surface area contributed by atoms with E-state index >= 15 is 0 Å². The Bertz CT molecular complexity index is 521. The SMILES string of the molecule is Cc1ccc(S(=O)(=O)N2CC2C(Cl)(Cl)Cl)cc1. The number of sulfonamides is 1. The second-order valence-electron chi connectivity index (χ2n) is 3.95. The van der Waals surface area contributed by atoms with Gasteiger partial charge in [0.15, 0.2) is 0 Å². The minimum absolute atomic E-state index is 0.222. The highest BCUT2D eigenvalue weighted by Crippen LogP contribution is 2.44. The maximum absolute atomic E-state index is 12.1. The van der Waals surface area contributed by atoms with Crippen molar-refractivity contribution in [1.29, 1.82) is 0 Å². The number of benzene rings is 1. The van der Waals surface area contributed by atoms with Crippen LogP contribution in [0.4, 0.5) is 0 Å². The summed E-state index contributed by atoms with van der Waals surface area (Å²) >= 11 is 17.0. The average Bonchev–Trinajstić information content (AvgIpc) is 2.96. The summed E-state index contributed by atoms with van der Waals surface area (Å²) in [6.07, 6.45) is 0. The normalized spacial score (nSPS) is 24.7. The molecule has 17 heavy (non-hydrogen) atoms. The van der Waals surface area contributed by atoms with Crippen LogP contribution >= 0.6 is 34.8 Å². The number of alkyl halides is 3. The number of nitrogens with zero attached hydrogens (tertiary/aromatic N) is 1. The van der Waals surface area contributed by atoms with Crippen molar-refractivity contribution in [1.82, 2.24) is 4.31 Å². The highest BCUT2D eigenvalue weighted by Gasteiger charge is 2.55. The Kier molecular flexibility index (Phi) is 3.38. The van der Waals surface area contributed by atoms with Gasteiger partial charge < -0.3 is 0 Å². The van der Waals surface area contributed by atoms with Crippen molar-refractivity contribution in [2.24, 2.45) is 0 Å². The van der Waals surface area contributed by atoms with Crippen molar-refractivity contribution in [3.05, 3.63) is 29.8 Å². The number of hydrogen-bond donors (Lipinski definition) is 0. The molecule has 0 bridgehead atoms. The van der Waals surface area contributed by atoms with Gasteiger partial charge in [-0.2, -0.15) is 4.31 Å². The van der Waals surface area contributed by atoms with Gasteiger partial charge in [-0.25, -0.2) is 8.42 Å². The van der Waals surface area contributed by atoms with E-state index in [2.05, 4.69) is 0 Å². The Morgan fingerprint density at radius 2 is 1.76 bits per heavy atom. The Hall–Kier alpha value is -0.000000000000000167. The fraction of sp³-hybridized carbons (Fsp3) is 0.400. The maximum Gasteiger partial charge on any atom is 0.243 e. The quantitative estimate of drug-likeness (QED) is 0.622. The third-order valence-corrected chi connectivity index (χ3v) is 5.22. The highest BCUT2D eigenvalue weighted by molar-refractivity contribution is 7.89. The number of rotatable bonds is 2. The van der Waals surface area contributed by atoms with E-state index in [1.54, 1.807) is 24.3 Å². The van der Waals surface area contributed by atoms with Gasteiger partial charge in [-0.3, -0.25) is 0 Å². The number of aryl methyl sites for hydroxylation is 1. The lowest BCUT2D eigenvalue weighted by Crippen LogP contribution is -2.22. The van der Waals surface area contributed by atoms with Crippen molar-refractivity contribution < 1.29 is 8.42 Å². The van der Waals surface area contributed by atoms with E-state index in [-0.39, 0.29) is 11.4 Å². The second kappa shape index (κ2) is 4.28. The smallest absolute Gasteiger partial charge is 0.207 e. The van der Waals surface area contributed by atoms with Gasteiger partial charge in [0.1, 0.15) is 0 Å². The predicted octanol–water partition coefficient (Wildman–Crippen LogP) is 2.74. The molecule has 0 spiro atoms. The Morgan fingerprint density at radius 1 is 1.24 bits per heavy atom. The molecule has 2 atom stereocenters. The minimum Gasteiger partial charge on any atom is -0.207 e. The minimum atomic E-state index is -3.53. The Labute approximate surface area is 115 Å². The first-order chi connectivity index (χ1) is 7.73. The van der Waals surface area contributed by atoms with Crippen LogP contribution < -0.4 is 0 Å². The lowest BCUT2D eigenvalue weighted by Gasteiger charge is -2.11. The van der Waals surface area contributed by atoms with E-state index in [1.807, 2.05) is 6.92 Å². The molecule has 0 saturated carbocycles. The Balaban J connectivity index is 2.25. The molecule has 7 heteroatoms. The summed E-state index contributed by atoms with van der Waals surface area (Å²) in [5.41, 5.74) is 0.993. The zero-order chi connectivity index (χ0) is 12.8. The van der Waals surface area contributed by atoms with Crippen molar-refractivity contribution in [2.75, 3.05) is 6.54 Å². The van der Waals surface area contributed by atoms with Crippen LogP contribution in [0.3, 0.4) is 0 Å². The molecule has 0 N–H and O–H groups in total. The first kappa shape index (κ1) is 13.4. The molecule has 0 amide bonds. The van der Waals surface area contributed by atoms with Crippen LogP contribution in [0, 0.1) is 6.92 Å². The summed E-state index contributed by atoms with van der Waals surface area (Å²) in [6.45, 7) is 2.13. The van der Waals surface area contributed by atoms with Gasteiger partial charge in [-0.05, 0) is 19.1 Å². The summed E-state index contributed by atoms with van der Waals surface area (Å²) < 4.78 is 23.8. The molecule has 94 valence electrons. The summed E-state index contributed by atoms with van der Waals surface area (Å²) in [5.74, 6) is 0.